The van der Waals surface area contributed by atoms with Crippen LogP contribution in [0.15, 0.2) is 41.8 Å². The quantitative estimate of drug-likeness (QED) is 0.725. The fourth-order valence-electron chi connectivity index (χ4n) is 2.97. The summed E-state index contributed by atoms with van der Waals surface area (Å²) in [7, 11) is 0. The Balaban J connectivity index is 1.48. The zero-order valence-electron chi connectivity index (χ0n) is 15.9. The van der Waals surface area contributed by atoms with Crippen molar-refractivity contribution in [3.63, 3.8) is 0 Å². The minimum absolute atomic E-state index is 0.239. The zero-order chi connectivity index (χ0) is 19.2. The number of urea groups is 1. The van der Waals surface area contributed by atoms with Gasteiger partial charge in [-0.15, -0.1) is 11.3 Å². The second-order valence-electron chi connectivity index (χ2n) is 7.34. The van der Waals surface area contributed by atoms with E-state index in [4.69, 9.17) is 0 Å². The maximum Gasteiger partial charge on any atom is 0.321 e. The normalized spacial score (nSPS) is 13.8. The lowest BCUT2D eigenvalue weighted by molar-refractivity contribution is -0.121. The average Bonchev–Trinajstić information content (AvgIpc) is 3.35. The molecule has 0 unspecified atom stereocenters. The topological polar surface area (TPSA) is 61.4 Å². The number of hydrogen-bond acceptors (Lipinski definition) is 4. The van der Waals surface area contributed by atoms with E-state index in [0.29, 0.717) is 18.5 Å². The molecule has 1 aliphatic rings. The molecule has 0 radical (unpaired) electrons. The summed E-state index contributed by atoms with van der Waals surface area (Å²) in [6.45, 7) is 5.76. The number of benzene rings is 1. The molecule has 5 nitrogen and oxygen atoms in total. The largest absolute Gasteiger partial charge is 0.333 e. The standard InChI is InChI=1S/C21H27N3O2S/c1-15(2)17-7-5-16(6-8-17)13-24(18-9-10-18)14-20(25)23-21(26)22-12-19-4-3-11-27-19/h3-8,11,15,18H,9-10,12-14H2,1-2H3,(H2,22,23,25,26). The molecule has 0 saturated heterocycles. The second-order valence-corrected chi connectivity index (χ2v) is 8.37. The molecule has 2 N–H and O–H groups in total. The molecular weight excluding hydrogens is 358 g/mol. The fraction of sp³-hybridized carbons (Fsp3) is 0.429. The molecule has 3 amide bonds. The first kappa shape index (κ1) is 19.6. The summed E-state index contributed by atoms with van der Waals surface area (Å²) in [6, 6.07) is 12.5. The highest BCUT2D eigenvalue weighted by atomic mass is 32.1. The van der Waals surface area contributed by atoms with Gasteiger partial charge in [-0.1, -0.05) is 44.2 Å². The molecule has 1 fully saturated rings. The Morgan fingerprint density at radius 3 is 2.52 bits per heavy atom. The van der Waals surface area contributed by atoms with E-state index in [2.05, 4.69) is 53.6 Å². The third-order valence-corrected chi connectivity index (χ3v) is 5.57. The lowest BCUT2D eigenvalue weighted by atomic mass is 10.0. The summed E-state index contributed by atoms with van der Waals surface area (Å²) in [5.74, 6) is 0.251. The minimum Gasteiger partial charge on any atom is -0.333 e. The van der Waals surface area contributed by atoms with Crippen molar-refractivity contribution < 1.29 is 9.59 Å². The number of imide groups is 1. The number of hydrogen-bond donors (Lipinski definition) is 2. The summed E-state index contributed by atoms with van der Waals surface area (Å²) < 4.78 is 0. The van der Waals surface area contributed by atoms with E-state index in [9.17, 15) is 9.59 Å². The van der Waals surface area contributed by atoms with Crippen LogP contribution in [0.25, 0.3) is 0 Å². The van der Waals surface area contributed by atoms with Crippen LogP contribution in [0.5, 0.6) is 0 Å². The van der Waals surface area contributed by atoms with Crippen molar-refractivity contribution in [2.24, 2.45) is 0 Å². The zero-order valence-corrected chi connectivity index (χ0v) is 16.7. The molecule has 3 rings (SSSR count). The SMILES string of the molecule is CC(C)c1ccc(CN(CC(=O)NC(=O)NCc2cccs2)C2CC2)cc1. The third kappa shape index (κ3) is 6.19. The Labute approximate surface area is 164 Å². The molecule has 1 aromatic heterocycles. The monoisotopic (exact) mass is 385 g/mol. The molecule has 144 valence electrons. The van der Waals surface area contributed by atoms with Crippen LogP contribution >= 0.6 is 11.3 Å². The van der Waals surface area contributed by atoms with Crippen LogP contribution in [0.2, 0.25) is 0 Å². The first-order valence-electron chi connectivity index (χ1n) is 9.44. The van der Waals surface area contributed by atoms with Gasteiger partial charge in [0.15, 0.2) is 0 Å². The molecule has 1 saturated carbocycles. The van der Waals surface area contributed by atoms with Crippen molar-refractivity contribution >= 4 is 23.3 Å². The molecule has 1 aliphatic carbocycles. The Morgan fingerprint density at radius 1 is 1.19 bits per heavy atom. The highest BCUT2D eigenvalue weighted by molar-refractivity contribution is 7.09. The molecule has 0 atom stereocenters. The molecule has 1 heterocycles. The van der Waals surface area contributed by atoms with Crippen molar-refractivity contribution in [2.45, 2.75) is 51.7 Å². The molecule has 0 spiro atoms. The van der Waals surface area contributed by atoms with Gasteiger partial charge in [0.25, 0.3) is 0 Å². The van der Waals surface area contributed by atoms with Gasteiger partial charge in [0.05, 0.1) is 13.1 Å². The van der Waals surface area contributed by atoms with Gasteiger partial charge in [0.2, 0.25) is 5.91 Å². The highest BCUT2D eigenvalue weighted by Crippen LogP contribution is 2.28. The molecule has 1 aromatic carbocycles. The van der Waals surface area contributed by atoms with Gasteiger partial charge >= 0.3 is 6.03 Å². The number of rotatable bonds is 8. The van der Waals surface area contributed by atoms with Crippen molar-refractivity contribution in [1.29, 1.82) is 0 Å². The molecular formula is C21H27N3O2S. The lowest BCUT2D eigenvalue weighted by Gasteiger charge is -2.21. The van der Waals surface area contributed by atoms with Crippen molar-refractivity contribution in [1.82, 2.24) is 15.5 Å². The number of thiophene rings is 1. The Hall–Kier alpha value is -2.18. The van der Waals surface area contributed by atoms with Crippen molar-refractivity contribution in [2.75, 3.05) is 6.54 Å². The molecule has 27 heavy (non-hydrogen) atoms. The number of amides is 3. The van der Waals surface area contributed by atoms with Crippen LogP contribution in [0.1, 0.15) is 48.6 Å². The van der Waals surface area contributed by atoms with Gasteiger partial charge in [0.1, 0.15) is 0 Å². The average molecular weight is 386 g/mol. The van der Waals surface area contributed by atoms with Gasteiger partial charge in [-0.3, -0.25) is 15.0 Å². The molecule has 6 heteroatoms. The second kappa shape index (κ2) is 9.15. The fourth-order valence-corrected chi connectivity index (χ4v) is 3.62. The lowest BCUT2D eigenvalue weighted by Crippen LogP contribution is -2.44. The van der Waals surface area contributed by atoms with Crippen LogP contribution in [0.4, 0.5) is 4.79 Å². The van der Waals surface area contributed by atoms with E-state index in [1.165, 1.54) is 11.1 Å². The molecule has 2 aromatic rings. The van der Waals surface area contributed by atoms with E-state index in [1.807, 2.05) is 17.5 Å². The van der Waals surface area contributed by atoms with E-state index in [0.717, 1.165) is 24.3 Å². The summed E-state index contributed by atoms with van der Waals surface area (Å²) in [5, 5.41) is 7.12. The predicted molar refractivity (Wildman–Crippen MR) is 109 cm³/mol. The summed E-state index contributed by atoms with van der Waals surface area (Å²) >= 11 is 1.57. The summed E-state index contributed by atoms with van der Waals surface area (Å²) in [4.78, 5) is 27.4. The minimum atomic E-state index is -0.439. The Kier molecular flexibility index (Phi) is 6.63. The third-order valence-electron chi connectivity index (χ3n) is 4.70. The van der Waals surface area contributed by atoms with Crippen LogP contribution in [0.3, 0.4) is 0 Å². The van der Waals surface area contributed by atoms with Gasteiger partial charge in [0, 0.05) is 17.5 Å². The maximum absolute atomic E-state index is 12.3. The van der Waals surface area contributed by atoms with E-state index in [1.54, 1.807) is 11.3 Å². The van der Waals surface area contributed by atoms with Gasteiger partial charge in [-0.2, -0.15) is 0 Å². The van der Waals surface area contributed by atoms with Crippen molar-refractivity contribution in [3.05, 3.63) is 57.8 Å². The molecule has 0 aliphatic heterocycles. The van der Waals surface area contributed by atoms with Gasteiger partial charge in [-0.25, -0.2) is 4.79 Å². The first-order valence-corrected chi connectivity index (χ1v) is 10.3. The van der Waals surface area contributed by atoms with Gasteiger partial charge < -0.3 is 5.32 Å². The molecule has 0 bridgehead atoms. The maximum atomic E-state index is 12.3. The Bertz CT molecular complexity index is 752. The van der Waals surface area contributed by atoms with Crippen molar-refractivity contribution in [3.8, 4) is 0 Å². The first-order chi connectivity index (χ1) is 13.0. The van der Waals surface area contributed by atoms with E-state index >= 15 is 0 Å². The Morgan fingerprint density at radius 2 is 1.93 bits per heavy atom. The van der Waals surface area contributed by atoms with E-state index < -0.39 is 6.03 Å². The van der Waals surface area contributed by atoms with Crippen LogP contribution < -0.4 is 10.6 Å². The summed E-state index contributed by atoms with van der Waals surface area (Å²) in [6.07, 6.45) is 2.23. The highest BCUT2D eigenvalue weighted by Gasteiger charge is 2.30. The van der Waals surface area contributed by atoms with Crippen LogP contribution in [-0.2, 0) is 17.9 Å². The number of carbonyl (C=O) groups excluding carboxylic acids is 2. The van der Waals surface area contributed by atoms with Crippen LogP contribution in [-0.4, -0.2) is 29.4 Å². The van der Waals surface area contributed by atoms with Crippen LogP contribution in [0, 0.1) is 0 Å². The summed E-state index contributed by atoms with van der Waals surface area (Å²) in [5.41, 5.74) is 2.51. The van der Waals surface area contributed by atoms with E-state index in [-0.39, 0.29) is 12.5 Å². The predicted octanol–water partition coefficient (Wildman–Crippen LogP) is 3.86. The number of nitrogens with one attached hydrogen (secondary N) is 2. The smallest absolute Gasteiger partial charge is 0.321 e. The van der Waals surface area contributed by atoms with Gasteiger partial charge in [-0.05, 0) is 41.3 Å². The number of nitrogens with zero attached hydrogens (tertiary/aromatic N) is 1. The number of carbonyl (C=O) groups is 2.